The third-order valence-electron chi connectivity index (χ3n) is 4.50. The predicted octanol–water partition coefficient (Wildman–Crippen LogP) is 4.54. The fraction of sp³-hybridized carbons (Fsp3) is 1.00. The van der Waals surface area contributed by atoms with Crippen LogP contribution in [0.1, 0.15) is 71.1 Å². The maximum absolute atomic E-state index is 2.38. The first-order valence-corrected chi connectivity index (χ1v) is 6.35. The van der Waals surface area contributed by atoms with Gasteiger partial charge in [-0.15, -0.1) is 0 Å². The van der Waals surface area contributed by atoms with Crippen molar-refractivity contribution >= 4 is 0 Å². The van der Waals surface area contributed by atoms with Crippen LogP contribution < -0.4 is 0 Å². The first-order valence-electron chi connectivity index (χ1n) is 6.35. The van der Waals surface area contributed by atoms with Gasteiger partial charge in [-0.05, 0) is 30.6 Å². The van der Waals surface area contributed by atoms with Crippen LogP contribution in [0.2, 0.25) is 0 Å². The van der Waals surface area contributed by atoms with Crippen molar-refractivity contribution in [1.82, 2.24) is 0 Å². The summed E-state index contributed by atoms with van der Waals surface area (Å²) in [4.78, 5) is 0. The molecule has 0 spiro atoms. The summed E-state index contributed by atoms with van der Waals surface area (Å²) in [6.45, 7) is 2.38. The molecule has 0 N–H and O–H groups in total. The molecule has 0 aromatic heterocycles. The summed E-state index contributed by atoms with van der Waals surface area (Å²) in [6.07, 6.45) is 15.2. The van der Waals surface area contributed by atoms with E-state index in [0.717, 1.165) is 11.3 Å². The SMILES string of the molecule is CCC1(CCCC2CCCC2)CC1. The molecule has 2 aliphatic carbocycles. The van der Waals surface area contributed by atoms with Crippen molar-refractivity contribution in [3.05, 3.63) is 0 Å². The molecule has 0 nitrogen and oxygen atoms in total. The third-order valence-corrected chi connectivity index (χ3v) is 4.50. The number of rotatable bonds is 5. The van der Waals surface area contributed by atoms with Crippen LogP contribution in [-0.2, 0) is 0 Å². The molecule has 0 radical (unpaired) electrons. The molecule has 0 atom stereocenters. The summed E-state index contributed by atoms with van der Waals surface area (Å²) >= 11 is 0. The topological polar surface area (TPSA) is 0 Å². The average molecular weight is 180 g/mol. The Morgan fingerprint density at radius 1 is 1.15 bits per heavy atom. The van der Waals surface area contributed by atoms with Gasteiger partial charge in [-0.3, -0.25) is 0 Å². The molecule has 0 aromatic carbocycles. The summed E-state index contributed by atoms with van der Waals surface area (Å²) in [5.41, 5.74) is 0.846. The van der Waals surface area contributed by atoms with E-state index in [9.17, 15) is 0 Å². The Hall–Kier alpha value is 0. The van der Waals surface area contributed by atoms with Gasteiger partial charge in [0.25, 0.3) is 0 Å². The van der Waals surface area contributed by atoms with Crippen molar-refractivity contribution in [2.45, 2.75) is 71.1 Å². The monoisotopic (exact) mass is 180 g/mol. The van der Waals surface area contributed by atoms with E-state index >= 15 is 0 Å². The van der Waals surface area contributed by atoms with E-state index in [4.69, 9.17) is 0 Å². The van der Waals surface area contributed by atoms with Crippen LogP contribution in [0.3, 0.4) is 0 Å². The van der Waals surface area contributed by atoms with Crippen molar-refractivity contribution in [2.75, 3.05) is 0 Å². The summed E-state index contributed by atoms with van der Waals surface area (Å²) in [7, 11) is 0. The maximum atomic E-state index is 2.38. The first kappa shape index (κ1) is 9.55. The lowest BCUT2D eigenvalue weighted by atomic mass is 9.92. The quantitative estimate of drug-likeness (QED) is 0.583. The lowest BCUT2D eigenvalue weighted by Gasteiger charge is -2.13. The maximum Gasteiger partial charge on any atom is -0.0300 e. The Labute approximate surface area is 83.1 Å². The molecule has 0 heterocycles. The van der Waals surface area contributed by atoms with Crippen LogP contribution in [0.15, 0.2) is 0 Å². The Morgan fingerprint density at radius 3 is 2.38 bits per heavy atom. The van der Waals surface area contributed by atoms with E-state index in [-0.39, 0.29) is 0 Å². The van der Waals surface area contributed by atoms with Crippen LogP contribution >= 0.6 is 0 Å². The molecule has 0 bridgehead atoms. The lowest BCUT2D eigenvalue weighted by Crippen LogP contribution is -2.00. The van der Waals surface area contributed by atoms with Crippen molar-refractivity contribution in [3.63, 3.8) is 0 Å². The normalized spacial score (nSPS) is 26.5. The second-order valence-corrected chi connectivity index (χ2v) is 5.40. The van der Waals surface area contributed by atoms with Gasteiger partial charge >= 0.3 is 0 Å². The molecule has 0 unspecified atom stereocenters. The highest BCUT2D eigenvalue weighted by atomic mass is 14.4. The number of hydrogen-bond donors (Lipinski definition) is 0. The van der Waals surface area contributed by atoms with Gasteiger partial charge in [-0.1, -0.05) is 51.9 Å². The summed E-state index contributed by atoms with van der Waals surface area (Å²) in [6, 6.07) is 0. The zero-order chi connectivity index (χ0) is 9.15. The zero-order valence-corrected chi connectivity index (χ0v) is 9.15. The van der Waals surface area contributed by atoms with Crippen LogP contribution in [0, 0.1) is 11.3 Å². The highest BCUT2D eigenvalue weighted by Gasteiger charge is 2.39. The fourth-order valence-electron chi connectivity index (χ4n) is 3.02. The molecule has 76 valence electrons. The predicted molar refractivity (Wildman–Crippen MR) is 57.8 cm³/mol. The van der Waals surface area contributed by atoms with Gasteiger partial charge in [0.1, 0.15) is 0 Å². The lowest BCUT2D eigenvalue weighted by molar-refractivity contribution is 0.387. The first-order chi connectivity index (χ1) is 6.35. The zero-order valence-electron chi connectivity index (χ0n) is 9.15. The Kier molecular flexibility index (Phi) is 2.96. The summed E-state index contributed by atoms with van der Waals surface area (Å²) < 4.78 is 0. The second kappa shape index (κ2) is 4.02. The van der Waals surface area contributed by atoms with E-state index in [1.807, 2.05) is 0 Å². The van der Waals surface area contributed by atoms with Gasteiger partial charge in [0.2, 0.25) is 0 Å². The summed E-state index contributed by atoms with van der Waals surface area (Å²) in [5.74, 6) is 1.12. The highest BCUT2D eigenvalue weighted by Crippen LogP contribution is 2.52. The minimum atomic E-state index is 0.846. The Balaban J connectivity index is 1.58. The Morgan fingerprint density at radius 2 is 1.85 bits per heavy atom. The Bertz CT molecular complexity index is 149. The molecule has 2 saturated carbocycles. The molecule has 0 aliphatic heterocycles. The molecule has 2 fully saturated rings. The van der Waals surface area contributed by atoms with E-state index in [1.165, 1.54) is 38.5 Å². The van der Waals surface area contributed by atoms with Gasteiger partial charge in [0, 0.05) is 0 Å². The minimum absolute atomic E-state index is 0.846. The third kappa shape index (κ3) is 2.48. The van der Waals surface area contributed by atoms with Crippen molar-refractivity contribution in [3.8, 4) is 0 Å². The van der Waals surface area contributed by atoms with Crippen LogP contribution in [0.5, 0.6) is 0 Å². The van der Waals surface area contributed by atoms with Crippen molar-refractivity contribution < 1.29 is 0 Å². The molecular formula is C13H24. The smallest absolute Gasteiger partial charge is 0.0300 e. The van der Waals surface area contributed by atoms with E-state index < -0.39 is 0 Å². The van der Waals surface area contributed by atoms with Gasteiger partial charge in [0.15, 0.2) is 0 Å². The fourth-order valence-corrected chi connectivity index (χ4v) is 3.02. The van der Waals surface area contributed by atoms with Crippen LogP contribution in [-0.4, -0.2) is 0 Å². The van der Waals surface area contributed by atoms with Crippen molar-refractivity contribution in [1.29, 1.82) is 0 Å². The molecule has 0 heteroatoms. The van der Waals surface area contributed by atoms with E-state index in [2.05, 4.69) is 6.92 Å². The number of hydrogen-bond acceptors (Lipinski definition) is 0. The van der Waals surface area contributed by atoms with Gasteiger partial charge in [-0.2, -0.15) is 0 Å². The molecule has 0 aromatic rings. The largest absolute Gasteiger partial charge is 0.0649 e. The van der Waals surface area contributed by atoms with E-state index in [1.54, 1.807) is 25.7 Å². The van der Waals surface area contributed by atoms with Gasteiger partial charge in [-0.25, -0.2) is 0 Å². The molecule has 0 amide bonds. The van der Waals surface area contributed by atoms with Crippen LogP contribution in [0.4, 0.5) is 0 Å². The molecule has 0 saturated heterocycles. The standard InChI is InChI=1S/C13H24/c1-2-13(10-11-13)9-5-8-12-6-3-4-7-12/h12H,2-11H2,1H3. The van der Waals surface area contributed by atoms with Crippen molar-refractivity contribution in [2.24, 2.45) is 11.3 Å². The molecule has 13 heavy (non-hydrogen) atoms. The van der Waals surface area contributed by atoms with Crippen LogP contribution in [0.25, 0.3) is 0 Å². The molecule has 2 aliphatic rings. The van der Waals surface area contributed by atoms with Gasteiger partial charge < -0.3 is 0 Å². The minimum Gasteiger partial charge on any atom is -0.0649 e. The van der Waals surface area contributed by atoms with E-state index in [0.29, 0.717) is 0 Å². The van der Waals surface area contributed by atoms with Gasteiger partial charge in [0.05, 0.1) is 0 Å². The molecule has 2 rings (SSSR count). The molecular weight excluding hydrogens is 156 g/mol. The second-order valence-electron chi connectivity index (χ2n) is 5.40. The highest BCUT2D eigenvalue weighted by molar-refractivity contribution is 4.91. The average Bonchev–Trinajstić information content (AvgIpc) is 2.74. The summed E-state index contributed by atoms with van der Waals surface area (Å²) in [5, 5.41) is 0.